The van der Waals surface area contributed by atoms with Crippen molar-refractivity contribution in [3.05, 3.63) is 59.4 Å². The third-order valence-corrected chi connectivity index (χ3v) is 6.01. The summed E-state index contributed by atoms with van der Waals surface area (Å²) in [7, 11) is 0. The van der Waals surface area contributed by atoms with Crippen LogP contribution < -0.4 is 10.1 Å². The zero-order valence-electron chi connectivity index (χ0n) is 20.7. The van der Waals surface area contributed by atoms with E-state index >= 15 is 0 Å². The molecule has 3 aromatic rings. The number of para-hydroxylation sites is 2. The molecule has 0 aliphatic carbocycles. The molecule has 0 aliphatic heterocycles. The second-order valence-corrected chi connectivity index (χ2v) is 9.25. The molecular weight excluding hydrogens is 410 g/mol. The predicted molar refractivity (Wildman–Crippen MR) is 136 cm³/mol. The Morgan fingerprint density at radius 3 is 2.67 bits per heavy atom. The Morgan fingerprint density at radius 2 is 1.85 bits per heavy atom. The number of carbonyl (C=O) groups excluding carboxylic acids is 1. The fourth-order valence-corrected chi connectivity index (χ4v) is 3.98. The summed E-state index contributed by atoms with van der Waals surface area (Å²) in [6.45, 7) is 10.5. The quantitative estimate of drug-likeness (QED) is 0.326. The van der Waals surface area contributed by atoms with Crippen molar-refractivity contribution in [3.63, 3.8) is 0 Å². The van der Waals surface area contributed by atoms with Crippen LogP contribution in [0, 0.1) is 19.8 Å². The lowest BCUT2D eigenvalue weighted by Gasteiger charge is -2.12. The van der Waals surface area contributed by atoms with Crippen LogP contribution in [0.1, 0.15) is 62.9 Å². The first-order valence-corrected chi connectivity index (χ1v) is 12.4. The van der Waals surface area contributed by atoms with Crippen LogP contribution in [0.2, 0.25) is 0 Å². The van der Waals surface area contributed by atoms with Crippen LogP contribution in [0.25, 0.3) is 11.0 Å². The second kappa shape index (κ2) is 12.4. The Hall–Kier alpha value is -2.82. The van der Waals surface area contributed by atoms with Gasteiger partial charge in [0.25, 0.3) is 0 Å². The number of benzene rings is 2. The molecule has 0 radical (unpaired) electrons. The number of hydrogen-bond acceptors (Lipinski definition) is 3. The van der Waals surface area contributed by atoms with Crippen molar-refractivity contribution < 1.29 is 9.53 Å². The van der Waals surface area contributed by atoms with E-state index in [0.29, 0.717) is 0 Å². The minimum absolute atomic E-state index is 0.0520. The Labute approximate surface area is 198 Å². The maximum absolute atomic E-state index is 11.7. The molecule has 1 N–H and O–H groups in total. The number of nitrogens with one attached hydrogen (secondary N) is 1. The molecule has 0 spiro atoms. The van der Waals surface area contributed by atoms with Gasteiger partial charge < -0.3 is 14.6 Å². The van der Waals surface area contributed by atoms with Crippen LogP contribution in [0.5, 0.6) is 5.75 Å². The Balaban J connectivity index is 1.48. The van der Waals surface area contributed by atoms with Gasteiger partial charge in [0.1, 0.15) is 11.6 Å². The summed E-state index contributed by atoms with van der Waals surface area (Å²) in [5.41, 5.74) is 4.70. The lowest BCUT2D eigenvalue weighted by atomic mass is 10.1. The van der Waals surface area contributed by atoms with E-state index in [1.54, 1.807) is 0 Å². The third-order valence-electron chi connectivity index (χ3n) is 6.01. The zero-order chi connectivity index (χ0) is 23.6. The number of carbonyl (C=O) groups is 1. The van der Waals surface area contributed by atoms with Gasteiger partial charge in [0.15, 0.2) is 0 Å². The van der Waals surface area contributed by atoms with Crippen LogP contribution >= 0.6 is 0 Å². The first-order valence-electron chi connectivity index (χ1n) is 12.4. The number of hydrogen-bond donors (Lipinski definition) is 1. The van der Waals surface area contributed by atoms with E-state index in [2.05, 4.69) is 66.2 Å². The molecule has 5 heteroatoms. The van der Waals surface area contributed by atoms with Crippen molar-refractivity contribution >= 4 is 16.9 Å². The van der Waals surface area contributed by atoms with Gasteiger partial charge in [-0.05, 0) is 68.9 Å². The molecule has 0 atom stereocenters. The van der Waals surface area contributed by atoms with E-state index in [1.807, 2.05) is 13.8 Å². The SMILES string of the molecule is Cc1ccc(C)c(OCCCCn2c(CCCCCNC(=O)C(C)C)nc3ccccc32)c1. The molecule has 3 rings (SSSR count). The van der Waals surface area contributed by atoms with E-state index in [0.717, 1.165) is 75.3 Å². The molecule has 178 valence electrons. The van der Waals surface area contributed by atoms with Gasteiger partial charge in [-0.2, -0.15) is 0 Å². The van der Waals surface area contributed by atoms with Crippen molar-refractivity contribution in [2.75, 3.05) is 13.2 Å². The minimum atomic E-state index is 0.0520. The van der Waals surface area contributed by atoms with Crippen molar-refractivity contribution in [2.45, 2.75) is 72.8 Å². The first-order chi connectivity index (χ1) is 16.0. The average molecular weight is 450 g/mol. The number of imidazole rings is 1. The molecule has 33 heavy (non-hydrogen) atoms. The van der Waals surface area contributed by atoms with E-state index in [9.17, 15) is 4.79 Å². The predicted octanol–water partition coefficient (Wildman–Crippen LogP) is 6.00. The normalized spacial score (nSPS) is 11.3. The van der Waals surface area contributed by atoms with Gasteiger partial charge in [-0.1, -0.05) is 44.5 Å². The standard InChI is InChI=1S/C28H39N3O2/c1-21(2)28(32)29-17-9-5-6-14-27-30-24-12-7-8-13-25(24)31(27)18-10-11-19-33-26-20-22(3)15-16-23(26)4/h7-8,12-13,15-16,20-21H,5-6,9-11,14,17-19H2,1-4H3,(H,29,32). The summed E-state index contributed by atoms with van der Waals surface area (Å²) in [6.07, 6.45) is 6.20. The third kappa shape index (κ3) is 7.34. The van der Waals surface area contributed by atoms with Gasteiger partial charge in [-0.25, -0.2) is 4.98 Å². The van der Waals surface area contributed by atoms with Gasteiger partial charge >= 0.3 is 0 Å². The number of ether oxygens (including phenoxy) is 1. The molecule has 0 bridgehead atoms. The molecule has 0 unspecified atom stereocenters. The molecule has 0 saturated carbocycles. The largest absolute Gasteiger partial charge is 0.493 e. The number of aromatic nitrogens is 2. The number of aryl methyl sites for hydroxylation is 4. The fraction of sp³-hybridized carbons (Fsp3) is 0.500. The maximum atomic E-state index is 11.7. The molecule has 1 aromatic heterocycles. The summed E-state index contributed by atoms with van der Waals surface area (Å²) in [6, 6.07) is 14.8. The lowest BCUT2D eigenvalue weighted by Crippen LogP contribution is -2.28. The van der Waals surface area contributed by atoms with E-state index in [4.69, 9.17) is 9.72 Å². The Morgan fingerprint density at radius 1 is 1.03 bits per heavy atom. The number of fused-ring (bicyclic) bond motifs is 1. The highest BCUT2D eigenvalue weighted by atomic mass is 16.5. The fourth-order valence-electron chi connectivity index (χ4n) is 3.98. The summed E-state index contributed by atoms with van der Waals surface area (Å²) in [5, 5.41) is 3.00. The van der Waals surface area contributed by atoms with Gasteiger partial charge in [0, 0.05) is 25.4 Å². The van der Waals surface area contributed by atoms with Crippen LogP contribution in [-0.4, -0.2) is 28.6 Å². The summed E-state index contributed by atoms with van der Waals surface area (Å²) in [5.74, 6) is 2.35. The molecule has 1 amide bonds. The average Bonchev–Trinajstić information content (AvgIpc) is 3.15. The zero-order valence-corrected chi connectivity index (χ0v) is 20.7. The van der Waals surface area contributed by atoms with Crippen LogP contribution in [0.3, 0.4) is 0 Å². The Bertz CT molecular complexity index is 1040. The lowest BCUT2D eigenvalue weighted by molar-refractivity contribution is -0.123. The summed E-state index contributed by atoms with van der Waals surface area (Å²) < 4.78 is 8.42. The van der Waals surface area contributed by atoms with E-state index in [-0.39, 0.29) is 11.8 Å². The smallest absolute Gasteiger partial charge is 0.222 e. The van der Waals surface area contributed by atoms with Crippen molar-refractivity contribution in [1.29, 1.82) is 0 Å². The molecule has 5 nitrogen and oxygen atoms in total. The van der Waals surface area contributed by atoms with Crippen LogP contribution in [-0.2, 0) is 17.8 Å². The van der Waals surface area contributed by atoms with Gasteiger partial charge in [0.2, 0.25) is 5.91 Å². The monoisotopic (exact) mass is 449 g/mol. The van der Waals surface area contributed by atoms with E-state index in [1.165, 1.54) is 16.6 Å². The summed E-state index contributed by atoms with van der Waals surface area (Å²) in [4.78, 5) is 16.6. The highest BCUT2D eigenvalue weighted by molar-refractivity contribution is 5.77. The molecular formula is C28H39N3O2. The van der Waals surface area contributed by atoms with Crippen molar-refractivity contribution in [1.82, 2.24) is 14.9 Å². The molecule has 0 aliphatic rings. The highest BCUT2D eigenvalue weighted by Crippen LogP contribution is 2.21. The maximum Gasteiger partial charge on any atom is 0.222 e. The topological polar surface area (TPSA) is 56.1 Å². The van der Waals surface area contributed by atoms with Crippen LogP contribution in [0.15, 0.2) is 42.5 Å². The molecule has 0 saturated heterocycles. The molecule has 0 fully saturated rings. The molecule has 1 heterocycles. The van der Waals surface area contributed by atoms with E-state index < -0.39 is 0 Å². The van der Waals surface area contributed by atoms with Gasteiger partial charge in [0.05, 0.1) is 17.6 Å². The van der Waals surface area contributed by atoms with Gasteiger partial charge in [-0.3, -0.25) is 4.79 Å². The van der Waals surface area contributed by atoms with Crippen LogP contribution in [0.4, 0.5) is 0 Å². The highest BCUT2D eigenvalue weighted by Gasteiger charge is 2.10. The number of nitrogens with zero attached hydrogens (tertiary/aromatic N) is 2. The summed E-state index contributed by atoms with van der Waals surface area (Å²) >= 11 is 0. The van der Waals surface area contributed by atoms with Gasteiger partial charge in [-0.15, -0.1) is 0 Å². The minimum Gasteiger partial charge on any atom is -0.493 e. The first kappa shape index (κ1) is 24.8. The molecule has 2 aromatic carbocycles. The van der Waals surface area contributed by atoms with Crippen molar-refractivity contribution in [2.24, 2.45) is 5.92 Å². The number of rotatable bonds is 13. The second-order valence-electron chi connectivity index (χ2n) is 9.25. The number of amides is 1. The number of unbranched alkanes of at least 4 members (excludes halogenated alkanes) is 3. The Kier molecular flexibility index (Phi) is 9.35. The van der Waals surface area contributed by atoms with Crippen molar-refractivity contribution in [3.8, 4) is 5.75 Å².